The van der Waals surface area contributed by atoms with Gasteiger partial charge in [0, 0.05) is 39.0 Å². The van der Waals surface area contributed by atoms with Crippen LogP contribution in [0.2, 0.25) is 0 Å². The minimum Gasteiger partial charge on any atom is -0.378 e. The maximum absolute atomic E-state index is 5.77. The van der Waals surface area contributed by atoms with E-state index in [1.54, 1.807) is 0 Å². The van der Waals surface area contributed by atoms with E-state index in [4.69, 9.17) is 4.74 Å². The highest BCUT2D eigenvalue weighted by molar-refractivity contribution is 4.99. The molecule has 0 radical (unpaired) electrons. The van der Waals surface area contributed by atoms with Crippen LogP contribution in [-0.4, -0.2) is 34.8 Å². The van der Waals surface area contributed by atoms with E-state index in [0.717, 1.165) is 31.6 Å². The first-order valence-corrected chi connectivity index (χ1v) is 7.44. The molecule has 1 aliphatic carbocycles. The van der Waals surface area contributed by atoms with E-state index in [9.17, 15) is 0 Å². The van der Waals surface area contributed by atoms with Gasteiger partial charge in [0.1, 0.15) is 5.82 Å². The molecule has 2 rings (SSSR count). The molecule has 0 amide bonds. The van der Waals surface area contributed by atoms with Gasteiger partial charge in [0.2, 0.25) is 0 Å². The van der Waals surface area contributed by atoms with E-state index >= 15 is 0 Å². The third-order valence-corrected chi connectivity index (χ3v) is 4.35. The van der Waals surface area contributed by atoms with E-state index in [2.05, 4.69) is 28.8 Å². The first kappa shape index (κ1) is 14.5. The molecule has 1 aromatic rings. The summed E-state index contributed by atoms with van der Waals surface area (Å²) in [5.41, 5.74) is 0.122. The molecule has 0 spiro atoms. The Morgan fingerprint density at radius 3 is 2.79 bits per heavy atom. The average Bonchev–Trinajstić information content (AvgIpc) is 2.76. The van der Waals surface area contributed by atoms with Crippen molar-refractivity contribution < 1.29 is 4.74 Å². The van der Waals surface area contributed by atoms with Crippen LogP contribution in [0.25, 0.3) is 0 Å². The number of imidazole rings is 1. The van der Waals surface area contributed by atoms with Gasteiger partial charge in [-0.15, -0.1) is 0 Å². The van der Waals surface area contributed by atoms with Gasteiger partial charge in [-0.05, 0) is 38.6 Å². The molecule has 1 fully saturated rings. The summed E-state index contributed by atoms with van der Waals surface area (Å²) >= 11 is 0. The Kier molecular flexibility index (Phi) is 4.99. The molecule has 1 heterocycles. The van der Waals surface area contributed by atoms with Crippen LogP contribution in [0.15, 0.2) is 12.4 Å². The quantitative estimate of drug-likeness (QED) is 0.784. The zero-order valence-electron chi connectivity index (χ0n) is 12.5. The minimum absolute atomic E-state index is 0.122. The van der Waals surface area contributed by atoms with Crippen molar-refractivity contribution in [3.63, 3.8) is 0 Å². The maximum atomic E-state index is 5.77. The number of nitrogens with zero attached hydrogens (tertiary/aromatic N) is 2. The Balaban J connectivity index is 1.97. The van der Waals surface area contributed by atoms with Crippen molar-refractivity contribution in [2.45, 2.75) is 57.1 Å². The number of methoxy groups -OCH3 is 1. The predicted octanol–water partition coefficient (Wildman–Crippen LogP) is 2.29. The summed E-state index contributed by atoms with van der Waals surface area (Å²) in [5.74, 6) is 1.15. The molecule has 1 unspecified atom stereocenters. The van der Waals surface area contributed by atoms with Crippen molar-refractivity contribution in [2.75, 3.05) is 13.7 Å². The van der Waals surface area contributed by atoms with E-state index in [0.29, 0.717) is 6.04 Å². The van der Waals surface area contributed by atoms with Crippen molar-refractivity contribution >= 4 is 0 Å². The molecule has 1 aromatic heterocycles. The largest absolute Gasteiger partial charge is 0.378 e. The van der Waals surface area contributed by atoms with Crippen LogP contribution in [-0.2, 0) is 18.2 Å². The van der Waals surface area contributed by atoms with E-state index < -0.39 is 0 Å². The van der Waals surface area contributed by atoms with E-state index in [1.807, 2.05) is 19.5 Å². The van der Waals surface area contributed by atoms with Crippen LogP contribution in [0.4, 0.5) is 0 Å². The number of aryl methyl sites for hydroxylation is 1. The van der Waals surface area contributed by atoms with E-state index in [-0.39, 0.29) is 5.60 Å². The number of ether oxygens (including phenoxy) is 1. The van der Waals surface area contributed by atoms with Crippen LogP contribution >= 0.6 is 0 Å². The van der Waals surface area contributed by atoms with Crippen molar-refractivity contribution in [2.24, 2.45) is 7.05 Å². The normalized spacial score (nSPS) is 19.1. The Bertz CT molecular complexity index is 379. The summed E-state index contributed by atoms with van der Waals surface area (Å²) in [5, 5.41) is 3.66. The van der Waals surface area contributed by atoms with Gasteiger partial charge in [-0.3, -0.25) is 0 Å². The zero-order valence-corrected chi connectivity index (χ0v) is 12.5. The predicted molar refractivity (Wildman–Crippen MR) is 77.2 cm³/mol. The Morgan fingerprint density at radius 2 is 2.32 bits per heavy atom. The fourth-order valence-electron chi connectivity index (χ4n) is 2.89. The lowest BCUT2D eigenvalue weighted by molar-refractivity contribution is -0.0835. The molecule has 4 nitrogen and oxygen atoms in total. The Morgan fingerprint density at radius 1 is 1.53 bits per heavy atom. The summed E-state index contributed by atoms with van der Waals surface area (Å²) in [6.07, 6.45) is 10.8. The first-order valence-electron chi connectivity index (χ1n) is 7.44. The average molecular weight is 265 g/mol. The van der Waals surface area contributed by atoms with Gasteiger partial charge in [0.05, 0.1) is 5.60 Å². The molecule has 108 valence electrons. The standard InChI is InChI=1S/C15H27N3O/c1-4-8-16-13(11-14-17-9-10-18(14)2)12-15(19-3)6-5-7-15/h9-10,13,16H,4-8,11-12H2,1-3H3. The third-order valence-electron chi connectivity index (χ3n) is 4.35. The lowest BCUT2D eigenvalue weighted by atomic mass is 9.75. The van der Waals surface area contributed by atoms with Gasteiger partial charge in [0.25, 0.3) is 0 Å². The Hall–Kier alpha value is -0.870. The fourth-order valence-corrected chi connectivity index (χ4v) is 2.89. The van der Waals surface area contributed by atoms with Crippen molar-refractivity contribution in [1.29, 1.82) is 0 Å². The monoisotopic (exact) mass is 265 g/mol. The topological polar surface area (TPSA) is 39.1 Å². The van der Waals surface area contributed by atoms with Gasteiger partial charge < -0.3 is 14.6 Å². The molecule has 0 aliphatic heterocycles. The smallest absolute Gasteiger partial charge is 0.109 e. The van der Waals surface area contributed by atoms with Gasteiger partial charge in [-0.1, -0.05) is 6.92 Å². The summed E-state index contributed by atoms with van der Waals surface area (Å²) in [4.78, 5) is 4.45. The van der Waals surface area contributed by atoms with Crippen LogP contribution in [0.5, 0.6) is 0 Å². The number of aromatic nitrogens is 2. The second-order valence-corrected chi connectivity index (χ2v) is 5.75. The third kappa shape index (κ3) is 3.57. The van der Waals surface area contributed by atoms with E-state index in [1.165, 1.54) is 19.3 Å². The second-order valence-electron chi connectivity index (χ2n) is 5.75. The lowest BCUT2D eigenvalue weighted by Gasteiger charge is -2.43. The van der Waals surface area contributed by atoms with Crippen molar-refractivity contribution in [3.8, 4) is 0 Å². The Labute approximate surface area is 116 Å². The van der Waals surface area contributed by atoms with Gasteiger partial charge in [-0.2, -0.15) is 0 Å². The zero-order chi connectivity index (χ0) is 13.7. The van der Waals surface area contributed by atoms with Gasteiger partial charge in [0.15, 0.2) is 0 Å². The molecular formula is C15H27N3O. The lowest BCUT2D eigenvalue weighted by Crippen LogP contribution is -2.47. The summed E-state index contributed by atoms with van der Waals surface area (Å²) in [6.45, 7) is 3.27. The molecule has 19 heavy (non-hydrogen) atoms. The molecular weight excluding hydrogens is 238 g/mol. The minimum atomic E-state index is 0.122. The molecule has 1 saturated carbocycles. The number of hydrogen-bond acceptors (Lipinski definition) is 3. The molecule has 4 heteroatoms. The highest BCUT2D eigenvalue weighted by atomic mass is 16.5. The van der Waals surface area contributed by atoms with Crippen LogP contribution in [0.3, 0.4) is 0 Å². The molecule has 1 atom stereocenters. The molecule has 0 bridgehead atoms. The number of rotatable bonds is 8. The number of hydrogen-bond donors (Lipinski definition) is 1. The molecule has 1 N–H and O–H groups in total. The summed E-state index contributed by atoms with van der Waals surface area (Å²) in [7, 11) is 3.92. The second kappa shape index (κ2) is 6.53. The summed E-state index contributed by atoms with van der Waals surface area (Å²) in [6, 6.07) is 0.460. The molecule has 1 aliphatic rings. The van der Waals surface area contributed by atoms with Gasteiger partial charge in [-0.25, -0.2) is 4.98 Å². The first-order chi connectivity index (χ1) is 9.19. The summed E-state index contributed by atoms with van der Waals surface area (Å²) < 4.78 is 7.88. The highest BCUT2D eigenvalue weighted by Gasteiger charge is 2.39. The maximum Gasteiger partial charge on any atom is 0.109 e. The SMILES string of the molecule is CCCNC(Cc1nccn1C)CC1(OC)CCC1. The van der Waals surface area contributed by atoms with Gasteiger partial charge >= 0.3 is 0 Å². The fraction of sp³-hybridized carbons (Fsp3) is 0.800. The van der Waals surface area contributed by atoms with Crippen LogP contribution in [0.1, 0.15) is 44.9 Å². The van der Waals surface area contributed by atoms with Crippen molar-refractivity contribution in [3.05, 3.63) is 18.2 Å². The number of nitrogens with one attached hydrogen (secondary N) is 1. The molecule has 0 aromatic carbocycles. The highest BCUT2D eigenvalue weighted by Crippen LogP contribution is 2.39. The van der Waals surface area contributed by atoms with Crippen LogP contribution < -0.4 is 5.32 Å². The van der Waals surface area contributed by atoms with Crippen molar-refractivity contribution in [1.82, 2.24) is 14.9 Å². The molecule has 0 saturated heterocycles. The van der Waals surface area contributed by atoms with Crippen LogP contribution in [0, 0.1) is 0 Å².